The fourth-order valence-electron chi connectivity index (χ4n) is 2.77. The molecule has 0 spiro atoms. The third-order valence-corrected chi connectivity index (χ3v) is 3.88. The highest BCUT2D eigenvalue weighted by Gasteiger charge is 2.21. The second kappa shape index (κ2) is 5.98. The molecule has 0 fully saturated rings. The van der Waals surface area contributed by atoms with Crippen LogP contribution in [0.5, 0.6) is 5.75 Å². The zero-order valence-electron chi connectivity index (χ0n) is 13.2. The lowest BCUT2D eigenvalue weighted by atomic mass is 10.0. The second-order valence-corrected chi connectivity index (χ2v) is 5.28. The number of methoxy groups -OCH3 is 1. The SMILES string of the molecule is COc1c(-c2cccc[n+]2C)cccc1-c1cccc[n+]1C. The summed E-state index contributed by atoms with van der Waals surface area (Å²) >= 11 is 0. The van der Waals surface area contributed by atoms with Crippen molar-refractivity contribution < 1.29 is 13.9 Å². The van der Waals surface area contributed by atoms with Gasteiger partial charge in [0.2, 0.25) is 11.4 Å². The molecule has 0 radical (unpaired) electrons. The molecule has 3 nitrogen and oxygen atoms in total. The Labute approximate surface area is 131 Å². The number of rotatable bonds is 3. The number of aromatic nitrogens is 2. The molecular weight excluding hydrogens is 272 g/mol. The maximum Gasteiger partial charge on any atom is 0.216 e. The summed E-state index contributed by atoms with van der Waals surface area (Å²) in [6, 6.07) is 18.6. The first-order chi connectivity index (χ1) is 10.7. The number of benzene rings is 1. The lowest BCUT2D eigenvalue weighted by Gasteiger charge is -2.11. The minimum atomic E-state index is 0.895. The average Bonchev–Trinajstić information content (AvgIpc) is 2.55. The van der Waals surface area contributed by atoms with Crippen molar-refractivity contribution in [2.24, 2.45) is 14.1 Å². The van der Waals surface area contributed by atoms with Gasteiger partial charge < -0.3 is 4.74 Å². The van der Waals surface area contributed by atoms with E-state index in [-0.39, 0.29) is 0 Å². The molecular formula is C19H20N2O+2. The highest BCUT2D eigenvalue weighted by Crippen LogP contribution is 2.36. The van der Waals surface area contributed by atoms with E-state index in [1.807, 2.05) is 50.8 Å². The van der Waals surface area contributed by atoms with E-state index in [4.69, 9.17) is 4.74 Å². The molecule has 0 aliphatic heterocycles. The van der Waals surface area contributed by atoms with Gasteiger partial charge >= 0.3 is 0 Å². The Balaban J connectivity index is 2.25. The van der Waals surface area contributed by atoms with Gasteiger partial charge in [0.15, 0.2) is 12.4 Å². The van der Waals surface area contributed by atoms with E-state index < -0.39 is 0 Å². The predicted octanol–water partition coefficient (Wildman–Crippen LogP) is 2.68. The van der Waals surface area contributed by atoms with Crippen molar-refractivity contribution in [2.75, 3.05) is 7.11 Å². The normalized spacial score (nSPS) is 10.5. The van der Waals surface area contributed by atoms with Crippen molar-refractivity contribution in [1.82, 2.24) is 0 Å². The van der Waals surface area contributed by atoms with Gasteiger partial charge in [0.1, 0.15) is 19.8 Å². The summed E-state index contributed by atoms with van der Waals surface area (Å²) in [4.78, 5) is 0. The second-order valence-electron chi connectivity index (χ2n) is 5.28. The van der Waals surface area contributed by atoms with E-state index in [0.29, 0.717) is 0 Å². The van der Waals surface area contributed by atoms with Crippen LogP contribution in [0.4, 0.5) is 0 Å². The highest BCUT2D eigenvalue weighted by atomic mass is 16.5. The van der Waals surface area contributed by atoms with Crippen LogP contribution in [-0.4, -0.2) is 7.11 Å². The van der Waals surface area contributed by atoms with Crippen LogP contribution in [0.3, 0.4) is 0 Å². The first-order valence-electron chi connectivity index (χ1n) is 7.29. The minimum absolute atomic E-state index is 0.895. The lowest BCUT2D eigenvalue weighted by Crippen LogP contribution is -2.31. The van der Waals surface area contributed by atoms with Crippen LogP contribution in [0.25, 0.3) is 22.5 Å². The molecule has 3 heteroatoms. The van der Waals surface area contributed by atoms with Gasteiger partial charge in [-0.1, -0.05) is 6.07 Å². The average molecular weight is 292 g/mol. The molecule has 22 heavy (non-hydrogen) atoms. The molecule has 0 bridgehead atoms. The molecule has 0 saturated heterocycles. The van der Waals surface area contributed by atoms with Crippen molar-refractivity contribution in [3.63, 3.8) is 0 Å². The highest BCUT2D eigenvalue weighted by molar-refractivity contribution is 5.77. The zero-order valence-corrected chi connectivity index (χ0v) is 13.2. The molecule has 0 aliphatic carbocycles. The quantitative estimate of drug-likeness (QED) is 0.678. The van der Waals surface area contributed by atoms with Crippen molar-refractivity contribution in [2.45, 2.75) is 0 Å². The van der Waals surface area contributed by atoms with Gasteiger partial charge in [-0.25, -0.2) is 9.13 Å². The van der Waals surface area contributed by atoms with Gasteiger partial charge in [0.05, 0.1) is 18.2 Å². The third kappa shape index (κ3) is 2.46. The summed E-state index contributed by atoms with van der Waals surface area (Å²) in [5.41, 5.74) is 4.43. The standard InChI is InChI=1S/C19H20N2O/c1-20-13-6-4-11-17(20)15-9-8-10-16(19(15)22-3)18-12-5-7-14-21(18)2/h4-14H,1-3H3/q+2. The molecule has 0 atom stereocenters. The van der Waals surface area contributed by atoms with E-state index >= 15 is 0 Å². The summed E-state index contributed by atoms with van der Waals surface area (Å²) in [7, 11) is 5.82. The maximum atomic E-state index is 5.77. The van der Waals surface area contributed by atoms with Gasteiger partial charge in [-0.3, -0.25) is 0 Å². The van der Waals surface area contributed by atoms with Crippen LogP contribution in [0.2, 0.25) is 0 Å². The fraction of sp³-hybridized carbons (Fsp3) is 0.158. The third-order valence-electron chi connectivity index (χ3n) is 3.88. The number of nitrogens with zero attached hydrogens (tertiary/aromatic N) is 2. The molecule has 3 aromatic rings. The van der Waals surface area contributed by atoms with Crippen molar-refractivity contribution in [1.29, 1.82) is 0 Å². The minimum Gasteiger partial charge on any atom is -0.495 e. The number of pyridine rings is 2. The first-order valence-corrected chi connectivity index (χ1v) is 7.29. The summed E-state index contributed by atoms with van der Waals surface area (Å²) in [5.74, 6) is 0.895. The van der Waals surface area contributed by atoms with Gasteiger partial charge in [-0.05, 0) is 24.3 Å². The molecule has 0 aliphatic rings. The van der Waals surface area contributed by atoms with E-state index in [0.717, 1.165) is 28.3 Å². The fourth-order valence-corrected chi connectivity index (χ4v) is 2.77. The Hall–Kier alpha value is -2.68. The molecule has 110 valence electrons. The Morgan fingerprint density at radius 1 is 0.682 bits per heavy atom. The van der Waals surface area contributed by atoms with Gasteiger partial charge in [-0.2, -0.15) is 0 Å². The summed E-state index contributed by atoms with van der Waals surface area (Å²) in [5, 5.41) is 0. The Morgan fingerprint density at radius 2 is 1.18 bits per heavy atom. The Morgan fingerprint density at radius 3 is 1.59 bits per heavy atom. The Bertz CT molecular complexity index is 748. The van der Waals surface area contributed by atoms with Gasteiger partial charge in [-0.15, -0.1) is 0 Å². The zero-order chi connectivity index (χ0) is 15.5. The number of para-hydroxylation sites is 1. The smallest absolute Gasteiger partial charge is 0.216 e. The van der Waals surface area contributed by atoms with Crippen LogP contribution in [0, 0.1) is 0 Å². The van der Waals surface area contributed by atoms with Crippen LogP contribution >= 0.6 is 0 Å². The summed E-state index contributed by atoms with van der Waals surface area (Å²) < 4.78 is 9.98. The number of ether oxygens (including phenoxy) is 1. The lowest BCUT2D eigenvalue weighted by molar-refractivity contribution is -0.660. The van der Waals surface area contributed by atoms with E-state index in [1.54, 1.807) is 7.11 Å². The molecule has 0 amide bonds. The summed E-state index contributed by atoms with van der Waals surface area (Å²) in [6.45, 7) is 0. The Kier molecular flexibility index (Phi) is 3.88. The number of hydrogen-bond acceptors (Lipinski definition) is 1. The number of hydrogen-bond donors (Lipinski definition) is 0. The molecule has 0 saturated carbocycles. The topological polar surface area (TPSA) is 17.0 Å². The van der Waals surface area contributed by atoms with Crippen LogP contribution in [0.15, 0.2) is 67.0 Å². The maximum absolute atomic E-state index is 5.77. The molecule has 1 aromatic carbocycles. The van der Waals surface area contributed by atoms with E-state index in [1.165, 1.54) is 0 Å². The van der Waals surface area contributed by atoms with Crippen molar-refractivity contribution >= 4 is 0 Å². The van der Waals surface area contributed by atoms with Crippen LogP contribution in [-0.2, 0) is 14.1 Å². The molecule has 2 heterocycles. The van der Waals surface area contributed by atoms with Crippen LogP contribution < -0.4 is 13.9 Å². The van der Waals surface area contributed by atoms with Crippen molar-refractivity contribution in [3.05, 3.63) is 67.0 Å². The molecule has 0 unspecified atom stereocenters. The molecule has 2 aromatic heterocycles. The van der Waals surface area contributed by atoms with Gasteiger partial charge in [0, 0.05) is 24.3 Å². The molecule has 0 N–H and O–H groups in total. The predicted molar refractivity (Wildman–Crippen MR) is 86.2 cm³/mol. The largest absolute Gasteiger partial charge is 0.495 e. The first kappa shape index (κ1) is 14.3. The molecule has 3 rings (SSSR count). The van der Waals surface area contributed by atoms with Crippen molar-refractivity contribution in [3.8, 4) is 28.3 Å². The van der Waals surface area contributed by atoms with E-state index in [2.05, 4.69) is 39.5 Å². The summed E-state index contributed by atoms with van der Waals surface area (Å²) in [6.07, 6.45) is 4.09. The monoisotopic (exact) mass is 292 g/mol. The number of aryl methyl sites for hydroxylation is 2. The van der Waals surface area contributed by atoms with Gasteiger partial charge in [0.25, 0.3) is 0 Å². The van der Waals surface area contributed by atoms with Crippen LogP contribution in [0.1, 0.15) is 0 Å². The van der Waals surface area contributed by atoms with E-state index in [9.17, 15) is 0 Å².